The number of hydrogen-bond donors (Lipinski definition) is 1. The normalized spacial score (nSPS) is 11.6. The smallest absolute Gasteiger partial charge is 0.266 e. The van der Waals surface area contributed by atoms with E-state index in [0.717, 1.165) is 11.8 Å². The minimum absolute atomic E-state index is 0.200. The number of imidazole rings is 1. The van der Waals surface area contributed by atoms with E-state index < -0.39 is 15.9 Å². The summed E-state index contributed by atoms with van der Waals surface area (Å²) < 4.78 is 25.9. The number of hydrogen-bond acceptors (Lipinski definition) is 4. The monoisotopic (exact) mass is 383 g/mol. The van der Waals surface area contributed by atoms with Gasteiger partial charge in [0, 0.05) is 18.0 Å². The second-order valence-electron chi connectivity index (χ2n) is 5.14. The van der Waals surface area contributed by atoms with Gasteiger partial charge in [0.2, 0.25) is 10.0 Å². The van der Waals surface area contributed by atoms with Crippen LogP contribution in [0.3, 0.4) is 0 Å². The predicted molar refractivity (Wildman–Crippen MR) is 93.0 cm³/mol. The molecule has 0 fully saturated rings. The van der Waals surface area contributed by atoms with Crippen LogP contribution in [0.15, 0.2) is 42.7 Å². The van der Waals surface area contributed by atoms with E-state index in [1.54, 1.807) is 34.9 Å². The van der Waals surface area contributed by atoms with Gasteiger partial charge in [-0.1, -0.05) is 29.3 Å². The topological polar surface area (TPSA) is 80.5 Å². The van der Waals surface area contributed by atoms with Gasteiger partial charge < -0.3 is 4.40 Å². The molecule has 0 radical (unpaired) electrons. The minimum Gasteiger partial charge on any atom is -0.306 e. The van der Waals surface area contributed by atoms with Gasteiger partial charge >= 0.3 is 0 Å². The van der Waals surface area contributed by atoms with Crippen LogP contribution >= 0.6 is 23.2 Å². The first kappa shape index (κ1) is 16.8. The Hall–Kier alpha value is -2.09. The summed E-state index contributed by atoms with van der Waals surface area (Å²) in [6.07, 6.45) is 4.14. The fraction of sp³-hybridized carbons (Fsp3) is 0.0667. The number of aromatic nitrogens is 2. The van der Waals surface area contributed by atoms with Crippen molar-refractivity contribution >= 4 is 44.8 Å². The molecule has 0 aliphatic heterocycles. The Labute approximate surface area is 148 Å². The Morgan fingerprint density at radius 2 is 1.88 bits per heavy atom. The van der Waals surface area contributed by atoms with Crippen LogP contribution in [-0.2, 0) is 10.0 Å². The first-order chi connectivity index (χ1) is 11.2. The van der Waals surface area contributed by atoms with E-state index in [-0.39, 0.29) is 5.56 Å². The number of amides is 1. The van der Waals surface area contributed by atoms with Crippen LogP contribution in [0.25, 0.3) is 16.9 Å². The van der Waals surface area contributed by atoms with Crippen LogP contribution in [0.4, 0.5) is 0 Å². The summed E-state index contributed by atoms with van der Waals surface area (Å²) in [4.78, 5) is 16.3. The number of fused-ring (bicyclic) bond motifs is 1. The molecule has 3 aromatic rings. The number of nitrogens with zero attached hydrogens (tertiary/aromatic N) is 2. The number of sulfonamides is 1. The van der Waals surface area contributed by atoms with Gasteiger partial charge in [-0.15, -0.1) is 0 Å². The van der Waals surface area contributed by atoms with Crippen LogP contribution in [0.2, 0.25) is 10.0 Å². The lowest BCUT2D eigenvalue weighted by Gasteiger charge is -2.02. The number of pyridine rings is 1. The summed E-state index contributed by atoms with van der Waals surface area (Å²) in [5, 5.41) is 0.864. The molecule has 3 rings (SSSR count). The third kappa shape index (κ3) is 3.53. The summed E-state index contributed by atoms with van der Waals surface area (Å²) in [5.74, 6) is -0.704. The van der Waals surface area contributed by atoms with Crippen LogP contribution < -0.4 is 4.72 Å². The van der Waals surface area contributed by atoms with Gasteiger partial charge in [0.1, 0.15) is 5.65 Å². The number of nitrogens with one attached hydrogen (secondary N) is 1. The van der Waals surface area contributed by atoms with Crippen molar-refractivity contribution in [3.05, 3.63) is 58.3 Å². The summed E-state index contributed by atoms with van der Waals surface area (Å²) in [5.41, 5.74) is 2.22. The third-order valence-electron chi connectivity index (χ3n) is 3.21. The molecule has 124 valence electrons. The molecule has 1 aromatic carbocycles. The molecular weight excluding hydrogens is 373 g/mol. The maximum Gasteiger partial charge on any atom is 0.266 e. The van der Waals surface area contributed by atoms with Crippen LogP contribution in [0, 0.1) is 0 Å². The number of carbonyl (C=O) groups excluding carboxylic acids is 1. The van der Waals surface area contributed by atoms with E-state index in [0.29, 0.717) is 21.4 Å². The number of carbonyl (C=O) groups is 1. The first-order valence-corrected chi connectivity index (χ1v) is 9.34. The fourth-order valence-corrected chi connectivity index (χ4v) is 2.90. The Balaban J connectivity index is 2.00. The average molecular weight is 384 g/mol. The maximum absolute atomic E-state index is 11.9. The molecule has 2 aromatic heterocycles. The summed E-state index contributed by atoms with van der Waals surface area (Å²) in [6, 6.07) is 8.28. The maximum atomic E-state index is 11.9. The van der Waals surface area contributed by atoms with Crippen molar-refractivity contribution in [2.75, 3.05) is 6.26 Å². The lowest BCUT2D eigenvalue weighted by molar-refractivity contribution is 0.0981. The van der Waals surface area contributed by atoms with Gasteiger partial charge in [0.25, 0.3) is 5.91 Å². The highest BCUT2D eigenvalue weighted by atomic mass is 35.5. The molecule has 2 heterocycles. The van der Waals surface area contributed by atoms with Gasteiger partial charge in [0.15, 0.2) is 0 Å². The molecule has 0 atom stereocenters. The van der Waals surface area contributed by atoms with E-state index in [9.17, 15) is 13.2 Å². The highest BCUT2D eigenvalue weighted by Gasteiger charge is 2.13. The fourth-order valence-electron chi connectivity index (χ4n) is 2.15. The van der Waals surface area contributed by atoms with Crippen LogP contribution in [-0.4, -0.2) is 30.0 Å². The SMILES string of the molecule is CS(=O)(=O)NC(=O)c1ccc2nc(-c3ccc(Cl)c(Cl)c3)cn2c1. The van der Waals surface area contributed by atoms with Crippen LogP contribution in [0.1, 0.15) is 10.4 Å². The van der Waals surface area contributed by atoms with E-state index in [1.807, 2.05) is 4.72 Å². The molecule has 0 saturated carbocycles. The molecule has 0 unspecified atom stereocenters. The molecule has 1 amide bonds. The lowest BCUT2D eigenvalue weighted by atomic mass is 10.2. The minimum atomic E-state index is -3.62. The molecule has 1 N–H and O–H groups in total. The third-order valence-corrected chi connectivity index (χ3v) is 4.50. The van der Waals surface area contributed by atoms with E-state index in [4.69, 9.17) is 23.2 Å². The molecule has 6 nitrogen and oxygen atoms in total. The Bertz CT molecular complexity index is 1060. The standard InChI is InChI=1S/C15H11Cl2N3O3S/c1-24(22,23)19-15(21)10-3-5-14-18-13(8-20(14)7-10)9-2-4-11(16)12(17)6-9/h2-8H,1H3,(H,19,21). The number of halogens is 2. The zero-order valence-electron chi connectivity index (χ0n) is 12.3. The van der Waals surface area contributed by atoms with Crippen molar-refractivity contribution < 1.29 is 13.2 Å². The molecule has 0 saturated heterocycles. The first-order valence-electron chi connectivity index (χ1n) is 6.69. The van der Waals surface area contributed by atoms with Gasteiger partial charge in [-0.05, 0) is 24.3 Å². The second kappa shape index (κ2) is 6.08. The van der Waals surface area contributed by atoms with Gasteiger partial charge in [0.05, 0.1) is 27.6 Å². The second-order valence-corrected chi connectivity index (χ2v) is 7.70. The van der Waals surface area contributed by atoms with E-state index >= 15 is 0 Å². The summed E-state index contributed by atoms with van der Waals surface area (Å²) in [7, 11) is -3.62. The highest BCUT2D eigenvalue weighted by molar-refractivity contribution is 7.89. The molecule has 24 heavy (non-hydrogen) atoms. The summed E-state index contributed by atoms with van der Waals surface area (Å²) in [6.45, 7) is 0. The number of benzene rings is 1. The molecular formula is C15H11Cl2N3O3S. The lowest BCUT2D eigenvalue weighted by Crippen LogP contribution is -2.29. The Morgan fingerprint density at radius 3 is 2.54 bits per heavy atom. The van der Waals surface area contributed by atoms with Gasteiger partial charge in [-0.2, -0.15) is 0 Å². The quantitative estimate of drug-likeness (QED) is 0.753. The van der Waals surface area contributed by atoms with Crippen molar-refractivity contribution in [3.8, 4) is 11.3 Å². The summed E-state index contributed by atoms with van der Waals surface area (Å²) >= 11 is 11.9. The van der Waals surface area contributed by atoms with Gasteiger partial charge in [-0.3, -0.25) is 4.79 Å². The van der Waals surface area contributed by atoms with E-state index in [2.05, 4.69) is 4.98 Å². The molecule has 0 aliphatic rings. The van der Waals surface area contributed by atoms with Crippen molar-refractivity contribution in [2.24, 2.45) is 0 Å². The highest BCUT2D eigenvalue weighted by Crippen LogP contribution is 2.28. The van der Waals surface area contributed by atoms with Crippen molar-refractivity contribution in [1.29, 1.82) is 0 Å². The zero-order chi connectivity index (χ0) is 17.5. The molecule has 9 heteroatoms. The van der Waals surface area contributed by atoms with Crippen molar-refractivity contribution in [2.45, 2.75) is 0 Å². The molecule has 0 spiro atoms. The van der Waals surface area contributed by atoms with Crippen LogP contribution in [0.5, 0.6) is 0 Å². The predicted octanol–water partition coefficient (Wildman–Crippen LogP) is 3.00. The van der Waals surface area contributed by atoms with Gasteiger partial charge in [-0.25, -0.2) is 18.1 Å². The average Bonchev–Trinajstić information content (AvgIpc) is 2.91. The zero-order valence-corrected chi connectivity index (χ0v) is 14.7. The molecule has 0 aliphatic carbocycles. The Morgan fingerprint density at radius 1 is 1.12 bits per heavy atom. The largest absolute Gasteiger partial charge is 0.306 e. The van der Waals surface area contributed by atoms with E-state index in [1.165, 1.54) is 12.3 Å². The Kier molecular flexibility index (Phi) is 4.25. The number of rotatable bonds is 3. The van der Waals surface area contributed by atoms with Crippen molar-refractivity contribution in [1.82, 2.24) is 14.1 Å². The molecule has 0 bridgehead atoms. The van der Waals surface area contributed by atoms with Crippen molar-refractivity contribution in [3.63, 3.8) is 0 Å².